The number of ether oxygens (including phenoxy) is 1. The van der Waals surface area contributed by atoms with Crippen LogP contribution >= 0.6 is 0 Å². The number of rotatable bonds is 5. The van der Waals surface area contributed by atoms with Gasteiger partial charge in [-0.25, -0.2) is 4.98 Å². The standard InChI is InChI=1S/C22H23N3O2/c1-14-5-8-18(16(3)11-14)25-22(26)19-9-7-17(13-23-19)24-20-12-15(2)6-10-21(20)27-4/h5-13,24H,1-4H3,(H,25,26). The predicted octanol–water partition coefficient (Wildman–Crippen LogP) is 5.01. The van der Waals surface area contributed by atoms with Crippen LogP contribution in [0.4, 0.5) is 17.1 Å². The topological polar surface area (TPSA) is 63.2 Å². The van der Waals surface area contributed by atoms with E-state index in [1.807, 2.05) is 63.2 Å². The number of hydrogen-bond acceptors (Lipinski definition) is 4. The van der Waals surface area contributed by atoms with Crippen LogP contribution in [0.15, 0.2) is 54.7 Å². The molecule has 0 atom stereocenters. The van der Waals surface area contributed by atoms with Crippen LogP contribution in [-0.2, 0) is 0 Å². The number of aromatic nitrogens is 1. The Labute approximate surface area is 159 Å². The highest BCUT2D eigenvalue weighted by Crippen LogP contribution is 2.28. The normalized spacial score (nSPS) is 10.4. The van der Waals surface area contributed by atoms with Gasteiger partial charge in [0.2, 0.25) is 0 Å². The number of amides is 1. The summed E-state index contributed by atoms with van der Waals surface area (Å²) in [6, 6.07) is 15.3. The highest BCUT2D eigenvalue weighted by molar-refractivity contribution is 6.03. The molecule has 0 unspecified atom stereocenters. The Kier molecular flexibility index (Phi) is 5.41. The molecule has 2 aromatic carbocycles. The van der Waals surface area contributed by atoms with E-state index in [1.165, 1.54) is 0 Å². The van der Waals surface area contributed by atoms with Crippen LogP contribution in [0.1, 0.15) is 27.2 Å². The molecule has 138 valence electrons. The molecule has 1 amide bonds. The first-order chi connectivity index (χ1) is 13.0. The van der Waals surface area contributed by atoms with Gasteiger partial charge < -0.3 is 15.4 Å². The zero-order valence-corrected chi connectivity index (χ0v) is 16.0. The van der Waals surface area contributed by atoms with Crippen molar-refractivity contribution in [2.24, 2.45) is 0 Å². The molecule has 1 heterocycles. The first-order valence-electron chi connectivity index (χ1n) is 8.72. The van der Waals surface area contributed by atoms with Crippen LogP contribution in [0.5, 0.6) is 5.75 Å². The number of nitrogens with zero attached hydrogens (tertiary/aromatic N) is 1. The maximum atomic E-state index is 12.5. The molecular weight excluding hydrogens is 338 g/mol. The summed E-state index contributed by atoms with van der Waals surface area (Å²) in [5, 5.41) is 6.18. The molecule has 0 aliphatic rings. The fourth-order valence-corrected chi connectivity index (χ4v) is 2.82. The summed E-state index contributed by atoms with van der Waals surface area (Å²) in [5.41, 5.74) is 6.08. The molecule has 3 aromatic rings. The molecule has 0 aliphatic heterocycles. The number of methoxy groups -OCH3 is 1. The Morgan fingerprint density at radius 1 is 0.926 bits per heavy atom. The Morgan fingerprint density at radius 3 is 2.33 bits per heavy atom. The monoisotopic (exact) mass is 361 g/mol. The highest BCUT2D eigenvalue weighted by Gasteiger charge is 2.10. The van der Waals surface area contributed by atoms with Gasteiger partial charge in [-0.15, -0.1) is 0 Å². The maximum Gasteiger partial charge on any atom is 0.274 e. The Balaban J connectivity index is 1.73. The van der Waals surface area contributed by atoms with Gasteiger partial charge in [0.1, 0.15) is 11.4 Å². The number of nitrogens with one attached hydrogen (secondary N) is 2. The summed E-state index contributed by atoms with van der Waals surface area (Å²) in [6.07, 6.45) is 1.64. The Morgan fingerprint density at radius 2 is 1.67 bits per heavy atom. The molecule has 0 spiro atoms. The molecule has 3 rings (SSSR count). The third kappa shape index (κ3) is 4.44. The van der Waals surface area contributed by atoms with Gasteiger partial charge in [0.15, 0.2) is 0 Å². The van der Waals surface area contributed by atoms with Gasteiger partial charge in [0, 0.05) is 5.69 Å². The van der Waals surface area contributed by atoms with Crippen molar-refractivity contribution in [2.45, 2.75) is 20.8 Å². The van der Waals surface area contributed by atoms with Gasteiger partial charge in [0.25, 0.3) is 5.91 Å². The average Bonchev–Trinajstić information content (AvgIpc) is 2.65. The van der Waals surface area contributed by atoms with Gasteiger partial charge in [-0.2, -0.15) is 0 Å². The molecule has 0 saturated carbocycles. The lowest BCUT2D eigenvalue weighted by Gasteiger charge is -2.12. The van der Waals surface area contributed by atoms with Crippen LogP contribution in [0.2, 0.25) is 0 Å². The van der Waals surface area contributed by atoms with Crippen LogP contribution in [0.25, 0.3) is 0 Å². The predicted molar refractivity (Wildman–Crippen MR) is 109 cm³/mol. The van der Waals surface area contributed by atoms with Gasteiger partial charge in [-0.1, -0.05) is 23.8 Å². The molecule has 2 N–H and O–H groups in total. The third-order valence-electron chi connectivity index (χ3n) is 4.26. The molecule has 0 saturated heterocycles. The number of anilines is 3. The van der Waals surface area contributed by atoms with E-state index in [4.69, 9.17) is 4.74 Å². The first-order valence-corrected chi connectivity index (χ1v) is 8.72. The molecule has 5 nitrogen and oxygen atoms in total. The third-order valence-corrected chi connectivity index (χ3v) is 4.26. The lowest BCUT2D eigenvalue weighted by molar-refractivity contribution is 0.102. The fraction of sp³-hybridized carbons (Fsp3) is 0.182. The minimum absolute atomic E-state index is 0.235. The number of aryl methyl sites for hydroxylation is 3. The smallest absolute Gasteiger partial charge is 0.274 e. The molecule has 5 heteroatoms. The van der Waals surface area contributed by atoms with Crippen molar-refractivity contribution in [3.05, 3.63) is 77.1 Å². The van der Waals surface area contributed by atoms with Crippen LogP contribution < -0.4 is 15.4 Å². The largest absolute Gasteiger partial charge is 0.495 e. The van der Waals surface area contributed by atoms with Crippen LogP contribution in [0, 0.1) is 20.8 Å². The van der Waals surface area contributed by atoms with E-state index in [2.05, 4.69) is 15.6 Å². The summed E-state index contributed by atoms with van der Waals surface area (Å²) in [4.78, 5) is 16.7. The minimum atomic E-state index is -0.235. The van der Waals surface area contributed by atoms with Crippen molar-refractivity contribution in [1.29, 1.82) is 0 Å². The molecule has 1 aromatic heterocycles. The van der Waals surface area contributed by atoms with Gasteiger partial charge in [-0.05, 0) is 62.2 Å². The van der Waals surface area contributed by atoms with Crippen molar-refractivity contribution in [3.8, 4) is 5.75 Å². The summed E-state index contributed by atoms with van der Waals surface area (Å²) in [6.45, 7) is 6.01. The van der Waals surface area contributed by atoms with Gasteiger partial charge >= 0.3 is 0 Å². The van der Waals surface area contributed by atoms with Crippen molar-refractivity contribution in [2.75, 3.05) is 17.7 Å². The first kappa shape index (κ1) is 18.5. The number of carbonyl (C=O) groups is 1. The molecule has 0 aliphatic carbocycles. The summed E-state index contributed by atoms with van der Waals surface area (Å²) in [5.74, 6) is 0.513. The van der Waals surface area contributed by atoms with E-state index in [0.717, 1.165) is 39.5 Å². The summed E-state index contributed by atoms with van der Waals surface area (Å²) < 4.78 is 5.37. The minimum Gasteiger partial charge on any atom is -0.495 e. The molecule has 0 bridgehead atoms. The van der Waals surface area contributed by atoms with Crippen molar-refractivity contribution in [1.82, 2.24) is 4.98 Å². The SMILES string of the molecule is COc1ccc(C)cc1Nc1ccc(C(=O)Nc2ccc(C)cc2C)nc1. The second-order valence-electron chi connectivity index (χ2n) is 6.53. The van der Waals surface area contributed by atoms with Crippen LogP contribution in [-0.4, -0.2) is 18.0 Å². The number of carbonyl (C=O) groups excluding carboxylic acids is 1. The van der Waals surface area contributed by atoms with E-state index >= 15 is 0 Å². The molecule has 0 fully saturated rings. The van der Waals surface area contributed by atoms with Crippen molar-refractivity contribution < 1.29 is 9.53 Å². The van der Waals surface area contributed by atoms with Gasteiger partial charge in [0.05, 0.1) is 24.7 Å². The van der Waals surface area contributed by atoms with E-state index in [9.17, 15) is 4.79 Å². The second-order valence-corrected chi connectivity index (χ2v) is 6.53. The van der Waals surface area contributed by atoms with Crippen molar-refractivity contribution >= 4 is 23.0 Å². The van der Waals surface area contributed by atoms with E-state index in [1.54, 1.807) is 19.4 Å². The quantitative estimate of drug-likeness (QED) is 0.670. The van der Waals surface area contributed by atoms with E-state index < -0.39 is 0 Å². The number of hydrogen-bond donors (Lipinski definition) is 2. The molecule has 0 radical (unpaired) electrons. The Bertz CT molecular complexity index is 966. The molecular formula is C22H23N3O2. The fourth-order valence-electron chi connectivity index (χ4n) is 2.82. The van der Waals surface area contributed by atoms with Gasteiger partial charge in [-0.3, -0.25) is 4.79 Å². The highest BCUT2D eigenvalue weighted by atomic mass is 16.5. The second kappa shape index (κ2) is 7.91. The zero-order chi connectivity index (χ0) is 19.4. The summed E-state index contributed by atoms with van der Waals surface area (Å²) >= 11 is 0. The van der Waals surface area contributed by atoms with Crippen LogP contribution in [0.3, 0.4) is 0 Å². The van der Waals surface area contributed by atoms with E-state index in [0.29, 0.717) is 5.69 Å². The average molecular weight is 361 g/mol. The lowest BCUT2D eigenvalue weighted by Crippen LogP contribution is -2.14. The summed E-state index contributed by atoms with van der Waals surface area (Å²) in [7, 11) is 1.63. The lowest BCUT2D eigenvalue weighted by atomic mass is 10.1. The van der Waals surface area contributed by atoms with Crippen molar-refractivity contribution in [3.63, 3.8) is 0 Å². The maximum absolute atomic E-state index is 12.5. The number of benzene rings is 2. The van der Waals surface area contributed by atoms with E-state index in [-0.39, 0.29) is 5.91 Å². The zero-order valence-electron chi connectivity index (χ0n) is 16.0. The Hall–Kier alpha value is -3.34. The molecule has 27 heavy (non-hydrogen) atoms. The number of pyridine rings is 1.